The molecule has 0 aliphatic rings. The van der Waals surface area contributed by atoms with Crippen LogP contribution in [0.25, 0.3) is 0 Å². The van der Waals surface area contributed by atoms with Gasteiger partial charge in [-0.25, -0.2) is 13.8 Å². The Morgan fingerprint density at radius 2 is 2.00 bits per heavy atom. The fourth-order valence-electron chi connectivity index (χ4n) is 1.94. The van der Waals surface area contributed by atoms with Crippen LogP contribution in [0.15, 0.2) is 42.9 Å². The fraction of sp³-hybridized carbons (Fsp3) is 0.357. The third-order valence-corrected chi connectivity index (χ3v) is 2.94. The molecule has 0 spiro atoms. The van der Waals surface area contributed by atoms with E-state index in [1.807, 2.05) is 34.9 Å². The standard InChI is InChI=1S/C14H17F2N3O/c15-13(16)9-20-7-6-19-10-18-8-12(19)14(17)11-4-2-1-3-5-11/h1-5,8,10,13-14H,6-7,9,17H2. The van der Waals surface area contributed by atoms with E-state index in [2.05, 4.69) is 4.98 Å². The Kier molecular flexibility index (Phi) is 5.20. The highest BCUT2D eigenvalue weighted by Gasteiger charge is 2.13. The van der Waals surface area contributed by atoms with E-state index in [0.717, 1.165) is 11.3 Å². The Bertz CT molecular complexity index is 516. The zero-order valence-corrected chi connectivity index (χ0v) is 11.0. The first-order valence-corrected chi connectivity index (χ1v) is 6.35. The lowest BCUT2D eigenvalue weighted by molar-refractivity contribution is 0.0146. The quantitative estimate of drug-likeness (QED) is 0.792. The van der Waals surface area contributed by atoms with Crippen LogP contribution >= 0.6 is 0 Å². The summed E-state index contributed by atoms with van der Waals surface area (Å²) in [6.07, 6.45) is 0.873. The van der Waals surface area contributed by atoms with Crippen molar-refractivity contribution in [1.29, 1.82) is 0 Å². The Labute approximate surface area is 116 Å². The summed E-state index contributed by atoms with van der Waals surface area (Å²) in [4.78, 5) is 4.06. The molecule has 2 N–H and O–H groups in total. The first kappa shape index (κ1) is 14.6. The number of alkyl halides is 2. The maximum absolute atomic E-state index is 12.0. The van der Waals surface area contributed by atoms with Crippen molar-refractivity contribution in [1.82, 2.24) is 9.55 Å². The van der Waals surface area contributed by atoms with E-state index < -0.39 is 13.0 Å². The van der Waals surface area contributed by atoms with Crippen molar-refractivity contribution in [3.63, 3.8) is 0 Å². The molecule has 20 heavy (non-hydrogen) atoms. The van der Waals surface area contributed by atoms with Gasteiger partial charge < -0.3 is 15.0 Å². The van der Waals surface area contributed by atoms with Gasteiger partial charge in [0.05, 0.1) is 30.9 Å². The van der Waals surface area contributed by atoms with Gasteiger partial charge in [-0.2, -0.15) is 0 Å². The number of aromatic nitrogens is 2. The van der Waals surface area contributed by atoms with Crippen molar-refractivity contribution in [2.24, 2.45) is 5.73 Å². The summed E-state index contributed by atoms with van der Waals surface area (Å²) in [5.74, 6) is 0. The first-order valence-electron chi connectivity index (χ1n) is 6.35. The van der Waals surface area contributed by atoms with Crippen LogP contribution in [0.1, 0.15) is 17.3 Å². The molecule has 0 saturated heterocycles. The molecule has 108 valence electrons. The SMILES string of the molecule is NC(c1ccccc1)c1cncn1CCOCC(F)F. The van der Waals surface area contributed by atoms with Crippen molar-refractivity contribution in [2.45, 2.75) is 19.0 Å². The lowest BCUT2D eigenvalue weighted by Gasteiger charge is -2.15. The molecular weight excluding hydrogens is 264 g/mol. The number of rotatable bonds is 7. The van der Waals surface area contributed by atoms with Gasteiger partial charge in [0.15, 0.2) is 0 Å². The smallest absolute Gasteiger partial charge is 0.261 e. The average molecular weight is 281 g/mol. The van der Waals surface area contributed by atoms with E-state index in [9.17, 15) is 8.78 Å². The maximum atomic E-state index is 12.0. The minimum absolute atomic E-state index is 0.204. The van der Waals surface area contributed by atoms with Crippen LogP contribution in [-0.4, -0.2) is 29.2 Å². The number of hydrogen-bond acceptors (Lipinski definition) is 3. The van der Waals surface area contributed by atoms with Crippen molar-refractivity contribution in [3.8, 4) is 0 Å². The molecule has 0 saturated carbocycles. The summed E-state index contributed by atoms with van der Waals surface area (Å²) in [7, 11) is 0. The Balaban J connectivity index is 1.98. The molecule has 0 aliphatic heterocycles. The highest BCUT2D eigenvalue weighted by Crippen LogP contribution is 2.18. The molecule has 0 amide bonds. The number of nitrogens with two attached hydrogens (primary N) is 1. The van der Waals surface area contributed by atoms with Gasteiger partial charge in [0.1, 0.15) is 6.61 Å². The molecule has 2 rings (SSSR count). The van der Waals surface area contributed by atoms with E-state index in [1.54, 1.807) is 12.5 Å². The van der Waals surface area contributed by atoms with Crippen LogP contribution in [-0.2, 0) is 11.3 Å². The Morgan fingerprint density at radius 1 is 1.25 bits per heavy atom. The lowest BCUT2D eigenvalue weighted by Crippen LogP contribution is -2.18. The normalized spacial score (nSPS) is 12.8. The average Bonchev–Trinajstić information content (AvgIpc) is 2.92. The molecule has 4 nitrogen and oxygen atoms in total. The predicted molar refractivity (Wildman–Crippen MR) is 71.5 cm³/mol. The monoisotopic (exact) mass is 281 g/mol. The first-order chi connectivity index (χ1) is 9.68. The van der Waals surface area contributed by atoms with E-state index >= 15 is 0 Å². The molecule has 0 fully saturated rings. The van der Waals surface area contributed by atoms with Gasteiger partial charge in [-0.3, -0.25) is 0 Å². The third kappa shape index (κ3) is 3.85. The summed E-state index contributed by atoms with van der Waals surface area (Å²) in [6, 6.07) is 9.34. The largest absolute Gasteiger partial charge is 0.374 e. The number of halogens is 2. The lowest BCUT2D eigenvalue weighted by atomic mass is 10.1. The van der Waals surface area contributed by atoms with Gasteiger partial charge in [0.2, 0.25) is 0 Å². The maximum Gasteiger partial charge on any atom is 0.261 e. The molecule has 0 bridgehead atoms. The number of benzene rings is 1. The summed E-state index contributed by atoms with van der Waals surface area (Å²) in [6.45, 7) is 0.104. The number of hydrogen-bond donors (Lipinski definition) is 1. The molecule has 1 aromatic carbocycles. The van der Waals surface area contributed by atoms with Gasteiger partial charge in [-0.15, -0.1) is 0 Å². The van der Waals surface area contributed by atoms with Gasteiger partial charge in [-0.05, 0) is 5.56 Å². The van der Waals surface area contributed by atoms with Gasteiger partial charge in [-0.1, -0.05) is 30.3 Å². The zero-order chi connectivity index (χ0) is 14.4. The van der Waals surface area contributed by atoms with Crippen LogP contribution in [0, 0.1) is 0 Å². The second kappa shape index (κ2) is 7.12. The summed E-state index contributed by atoms with van der Waals surface area (Å²) in [5, 5.41) is 0. The molecule has 0 radical (unpaired) electrons. The fourth-order valence-corrected chi connectivity index (χ4v) is 1.94. The van der Waals surface area contributed by atoms with Gasteiger partial charge in [0.25, 0.3) is 6.43 Å². The number of imidazole rings is 1. The zero-order valence-electron chi connectivity index (χ0n) is 11.0. The van der Waals surface area contributed by atoms with Crippen LogP contribution in [0.4, 0.5) is 8.78 Å². The summed E-state index contributed by atoms with van der Waals surface area (Å²) < 4.78 is 30.6. The Hall–Kier alpha value is -1.79. The minimum atomic E-state index is -2.44. The van der Waals surface area contributed by atoms with Crippen LogP contribution in [0.3, 0.4) is 0 Å². The Morgan fingerprint density at radius 3 is 2.70 bits per heavy atom. The van der Waals surface area contributed by atoms with Gasteiger partial charge >= 0.3 is 0 Å². The molecule has 2 aromatic rings. The van der Waals surface area contributed by atoms with Crippen molar-refractivity contribution < 1.29 is 13.5 Å². The second-order valence-electron chi connectivity index (χ2n) is 4.37. The molecule has 1 heterocycles. The van der Waals surface area contributed by atoms with Gasteiger partial charge in [0, 0.05) is 6.54 Å². The number of nitrogens with zero attached hydrogens (tertiary/aromatic N) is 2. The number of ether oxygens (including phenoxy) is 1. The van der Waals surface area contributed by atoms with Crippen molar-refractivity contribution in [3.05, 3.63) is 54.1 Å². The predicted octanol–water partition coefficient (Wildman–Crippen LogP) is 2.21. The molecule has 1 atom stereocenters. The van der Waals surface area contributed by atoms with Crippen LogP contribution in [0.2, 0.25) is 0 Å². The molecular formula is C14H17F2N3O. The summed E-state index contributed by atoms with van der Waals surface area (Å²) >= 11 is 0. The highest BCUT2D eigenvalue weighted by atomic mass is 19.3. The highest BCUT2D eigenvalue weighted by molar-refractivity contribution is 5.26. The summed E-state index contributed by atoms with van der Waals surface area (Å²) in [5.41, 5.74) is 8.00. The molecule has 0 aliphatic carbocycles. The van der Waals surface area contributed by atoms with Crippen LogP contribution in [0.5, 0.6) is 0 Å². The van der Waals surface area contributed by atoms with E-state index in [0.29, 0.717) is 6.54 Å². The van der Waals surface area contributed by atoms with E-state index in [1.165, 1.54) is 0 Å². The van der Waals surface area contributed by atoms with E-state index in [4.69, 9.17) is 10.5 Å². The third-order valence-electron chi connectivity index (χ3n) is 2.94. The molecule has 6 heteroatoms. The van der Waals surface area contributed by atoms with Crippen molar-refractivity contribution in [2.75, 3.05) is 13.2 Å². The van der Waals surface area contributed by atoms with Crippen molar-refractivity contribution >= 4 is 0 Å². The molecule has 1 unspecified atom stereocenters. The van der Waals surface area contributed by atoms with Crippen LogP contribution < -0.4 is 5.73 Å². The van der Waals surface area contributed by atoms with E-state index in [-0.39, 0.29) is 12.6 Å². The second-order valence-corrected chi connectivity index (χ2v) is 4.37. The topological polar surface area (TPSA) is 53.1 Å². The minimum Gasteiger partial charge on any atom is -0.374 e. The molecule has 1 aromatic heterocycles.